The van der Waals surface area contributed by atoms with Gasteiger partial charge in [-0.3, -0.25) is 14.1 Å². The summed E-state index contributed by atoms with van der Waals surface area (Å²) in [5.41, 5.74) is -0.874. The molecule has 0 spiro atoms. The first kappa shape index (κ1) is 27.7. The number of benzene rings is 2. The molecular formula is C28H30F2N6O3S. The Hall–Kier alpha value is -3.90. The number of piperidine rings is 1. The maximum absolute atomic E-state index is 15.8. The molecule has 5 rings (SSSR count). The molecule has 0 amide bonds. The smallest absolute Gasteiger partial charge is 0.260 e. The fourth-order valence-electron chi connectivity index (χ4n) is 4.86. The highest BCUT2D eigenvalue weighted by Gasteiger charge is 2.24. The van der Waals surface area contributed by atoms with Crippen LogP contribution in [0.15, 0.2) is 59.5 Å². The summed E-state index contributed by atoms with van der Waals surface area (Å²) < 4.78 is 59.4. The van der Waals surface area contributed by atoms with Gasteiger partial charge in [0.25, 0.3) is 5.56 Å². The summed E-state index contributed by atoms with van der Waals surface area (Å²) in [7, 11) is -4.16. The molecule has 0 radical (unpaired) electrons. The van der Waals surface area contributed by atoms with E-state index in [1.54, 1.807) is 50.4 Å². The molecular weight excluding hydrogens is 538 g/mol. The van der Waals surface area contributed by atoms with Crippen molar-refractivity contribution in [3.05, 3.63) is 82.3 Å². The zero-order valence-electron chi connectivity index (χ0n) is 22.1. The highest BCUT2D eigenvalue weighted by atomic mass is 32.2. The Labute approximate surface area is 230 Å². The number of anilines is 2. The molecule has 3 N–H and O–H groups in total. The summed E-state index contributed by atoms with van der Waals surface area (Å²) in [6, 6.07) is 11.6. The summed E-state index contributed by atoms with van der Waals surface area (Å²) in [5.74, 6) is -2.38. The second-order valence-electron chi connectivity index (χ2n) is 10.1. The fraction of sp³-hybridized carbons (Fsp3) is 0.321. The lowest BCUT2D eigenvalue weighted by Gasteiger charge is -2.24. The van der Waals surface area contributed by atoms with Crippen molar-refractivity contribution in [1.29, 1.82) is 0 Å². The molecule has 4 aromatic rings. The second kappa shape index (κ2) is 11.3. The van der Waals surface area contributed by atoms with Crippen molar-refractivity contribution in [2.24, 2.45) is 0 Å². The van der Waals surface area contributed by atoms with Crippen LogP contribution in [0.4, 0.5) is 20.4 Å². The van der Waals surface area contributed by atoms with E-state index in [2.05, 4.69) is 20.6 Å². The van der Waals surface area contributed by atoms with E-state index in [9.17, 15) is 17.6 Å². The molecule has 9 nitrogen and oxygen atoms in total. The van der Waals surface area contributed by atoms with Gasteiger partial charge in [-0.1, -0.05) is 30.3 Å². The number of fused-ring (bicyclic) bond motifs is 1. The van der Waals surface area contributed by atoms with Crippen LogP contribution in [0.25, 0.3) is 22.2 Å². The molecule has 1 atom stereocenters. The fourth-order valence-corrected chi connectivity index (χ4v) is 6.06. The van der Waals surface area contributed by atoms with Crippen LogP contribution in [-0.4, -0.2) is 42.1 Å². The van der Waals surface area contributed by atoms with Crippen LogP contribution in [-0.2, 0) is 15.8 Å². The predicted octanol–water partition coefficient (Wildman–Crippen LogP) is 4.42. The molecule has 3 heterocycles. The zero-order chi connectivity index (χ0) is 28.4. The molecule has 0 aliphatic carbocycles. The van der Waals surface area contributed by atoms with Crippen molar-refractivity contribution in [2.45, 2.75) is 44.5 Å². The molecule has 2 aromatic heterocycles. The highest BCUT2D eigenvalue weighted by molar-refractivity contribution is 7.91. The first-order chi connectivity index (χ1) is 19.1. The number of rotatable bonds is 8. The van der Waals surface area contributed by atoms with Gasteiger partial charge in [0, 0.05) is 35.8 Å². The minimum Gasteiger partial charge on any atom is -0.350 e. The van der Waals surface area contributed by atoms with Gasteiger partial charge in [0.1, 0.15) is 17.2 Å². The Morgan fingerprint density at radius 2 is 1.90 bits per heavy atom. The first-order valence-corrected chi connectivity index (χ1v) is 14.7. The second-order valence-corrected chi connectivity index (χ2v) is 11.8. The van der Waals surface area contributed by atoms with E-state index < -0.39 is 38.7 Å². The standard InChI is InChI=1S/C28H30F2N6O3S/c1-17(2)36-26-19(14-32-28(34-26)33-20-9-6-12-31-15-20)13-22(27(36)37)21-10-11-23(29)25(24(21)30)35-40(38,39)16-18-7-4-3-5-8-18/h3-5,7-8,10-11,13-14,17,20,31,35H,6,9,12,15-16H2,1-2H3,(H,32,33,34). The van der Waals surface area contributed by atoms with E-state index in [1.165, 1.54) is 10.6 Å². The van der Waals surface area contributed by atoms with Crippen molar-refractivity contribution in [3.8, 4) is 11.1 Å². The van der Waals surface area contributed by atoms with Gasteiger partial charge in [0.05, 0.1) is 11.3 Å². The number of halogens is 2. The minimum atomic E-state index is -4.16. The van der Waals surface area contributed by atoms with E-state index in [-0.39, 0.29) is 23.2 Å². The Bertz CT molecular complexity index is 1710. The van der Waals surface area contributed by atoms with Gasteiger partial charge in [-0.05, 0) is 57.0 Å². The quantitative estimate of drug-likeness (QED) is 0.288. The van der Waals surface area contributed by atoms with E-state index in [4.69, 9.17) is 0 Å². The third-order valence-electron chi connectivity index (χ3n) is 6.76. The molecule has 0 saturated carbocycles. The lowest BCUT2D eigenvalue weighted by molar-refractivity contribution is 0.478. The highest BCUT2D eigenvalue weighted by Crippen LogP contribution is 2.31. The third-order valence-corrected chi connectivity index (χ3v) is 7.99. The summed E-state index contributed by atoms with van der Waals surface area (Å²) in [5, 5.41) is 7.10. The number of sulfonamides is 1. The minimum absolute atomic E-state index is 0.0667. The van der Waals surface area contributed by atoms with Crippen LogP contribution in [0, 0.1) is 11.6 Å². The van der Waals surface area contributed by atoms with Crippen LogP contribution < -0.4 is 20.9 Å². The lowest BCUT2D eigenvalue weighted by atomic mass is 10.0. The molecule has 1 aliphatic rings. The van der Waals surface area contributed by atoms with Gasteiger partial charge < -0.3 is 10.6 Å². The Morgan fingerprint density at radius 1 is 1.12 bits per heavy atom. The molecule has 0 bridgehead atoms. The topological polar surface area (TPSA) is 118 Å². The normalized spacial score (nSPS) is 15.9. The number of hydrogen-bond acceptors (Lipinski definition) is 7. The summed E-state index contributed by atoms with van der Waals surface area (Å²) >= 11 is 0. The molecule has 1 aliphatic heterocycles. The maximum atomic E-state index is 15.8. The zero-order valence-corrected chi connectivity index (χ0v) is 22.9. The molecule has 12 heteroatoms. The van der Waals surface area contributed by atoms with E-state index in [0.29, 0.717) is 22.5 Å². The SMILES string of the molecule is CC(C)n1c(=O)c(-c2ccc(F)c(NS(=O)(=O)Cc3ccccc3)c2F)cc2cnc(NC3CCCNC3)nc21. The van der Waals surface area contributed by atoms with Crippen LogP contribution >= 0.6 is 0 Å². The number of nitrogens with one attached hydrogen (secondary N) is 3. The molecule has 1 saturated heterocycles. The lowest BCUT2D eigenvalue weighted by Crippen LogP contribution is -2.38. The van der Waals surface area contributed by atoms with Crippen LogP contribution in [0.2, 0.25) is 0 Å². The van der Waals surface area contributed by atoms with Crippen LogP contribution in [0.1, 0.15) is 38.3 Å². The van der Waals surface area contributed by atoms with Crippen molar-refractivity contribution < 1.29 is 17.2 Å². The van der Waals surface area contributed by atoms with Gasteiger partial charge in [-0.15, -0.1) is 0 Å². The number of nitrogens with zero attached hydrogens (tertiary/aromatic N) is 3. The predicted molar refractivity (Wildman–Crippen MR) is 152 cm³/mol. The van der Waals surface area contributed by atoms with Gasteiger partial charge in [0.15, 0.2) is 5.82 Å². The number of pyridine rings is 1. The van der Waals surface area contributed by atoms with Crippen molar-refractivity contribution in [3.63, 3.8) is 0 Å². The third kappa shape index (κ3) is 5.82. The average molecular weight is 569 g/mol. The Morgan fingerprint density at radius 3 is 2.60 bits per heavy atom. The van der Waals surface area contributed by atoms with Crippen LogP contribution in [0.5, 0.6) is 0 Å². The number of aromatic nitrogens is 3. The van der Waals surface area contributed by atoms with Gasteiger partial charge >= 0.3 is 0 Å². The van der Waals surface area contributed by atoms with Gasteiger partial charge in [-0.2, -0.15) is 4.98 Å². The van der Waals surface area contributed by atoms with Gasteiger partial charge in [-0.25, -0.2) is 22.2 Å². The average Bonchev–Trinajstić information content (AvgIpc) is 2.92. The first-order valence-electron chi connectivity index (χ1n) is 13.1. The summed E-state index contributed by atoms with van der Waals surface area (Å²) in [6.45, 7) is 5.34. The number of hydrogen-bond donors (Lipinski definition) is 3. The van der Waals surface area contributed by atoms with E-state index >= 15 is 4.39 Å². The van der Waals surface area contributed by atoms with E-state index in [0.717, 1.165) is 38.1 Å². The van der Waals surface area contributed by atoms with Crippen molar-refractivity contribution in [2.75, 3.05) is 23.1 Å². The van der Waals surface area contributed by atoms with E-state index in [1.807, 2.05) is 4.72 Å². The summed E-state index contributed by atoms with van der Waals surface area (Å²) in [6.07, 6.45) is 3.54. The summed E-state index contributed by atoms with van der Waals surface area (Å²) in [4.78, 5) is 22.7. The van der Waals surface area contributed by atoms with Crippen LogP contribution in [0.3, 0.4) is 0 Å². The van der Waals surface area contributed by atoms with Gasteiger partial charge in [0.2, 0.25) is 16.0 Å². The Balaban J connectivity index is 1.55. The monoisotopic (exact) mass is 568 g/mol. The van der Waals surface area contributed by atoms with Crippen molar-refractivity contribution in [1.82, 2.24) is 19.9 Å². The molecule has 2 aromatic carbocycles. The van der Waals surface area contributed by atoms with Crippen molar-refractivity contribution >= 4 is 32.7 Å². The maximum Gasteiger partial charge on any atom is 0.260 e. The largest absolute Gasteiger partial charge is 0.350 e. The molecule has 210 valence electrons. The Kier molecular flexibility index (Phi) is 7.81. The molecule has 1 unspecified atom stereocenters. The molecule has 40 heavy (non-hydrogen) atoms. The molecule has 1 fully saturated rings.